The molecular formula is C38H48O3Si2. The first kappa shape index (κ1) is 32.8. The standard InChI is InChI=1S/C38H48O3Si2/c1-8-31(29-40-42(37(2,3)4,32-21-13-9-14-22-32)33-23-15-10-16-24-33)36(39)30-41-43(38(5,6)7,34-25-17-11-18-26-34)35-27-19-12-20-28-35/h8-28,31,36,39H,1,29-30H2,2-7H3/t31-,36-/m1/s1. The first-order valence-corrected chi connectivity index (χ1v) is 19.1. The molecule has 3 nitrogen and oxygen atoms in total. The summed E-state index contributed by atoms with van der Waals surface area (Å²) in [4.78, 5) is 0. The molecule has 0 amide bonds. The maximum atomic E-state index is 11.7. The number of rotatable bonds is 12. The molecule has 0 aromatic heterocycles. The summed E-state index contributed by atoms with van der Waals surface area (Å²) in [6.45, 7) is 18.2. The lowest BCUT2D eigenvalue weighted by atomic mass is 10.1. The monoisotopic (exact) mass is 608 g/mol. The van der Waals surface area contributed by atoms with E-state index in [1.165, 1.54) is 20.7 Å². The van der Waals surface area contributed by atoms with E-state index in [0.717, 1.165) is 0 Å². The van der Waals surface area contributed by atoms with Gasteiger partial charge in [0.05, 0.1) is 12.7 Å². The first-order valence-electron chi connectivity index (χ1n) is 15.3. The second-order valence-corrected chi connectivity index (χ2v) is 22.0. The van der Waals surface area contributed by atoms with E-state index >= 15 is 0 Å². The number of aliphatic hydroxyl groups excluding tert-OH is 1. The van der Waals surface area contributed by atoms with Gasteiger partial charge in [0.25, 0.3) is 16.6 Å². The van der Waals surface area contributed by atoms with E-state index in [0.29, 0.717) is 6.61 Å². The highest BCUT2D eigenvalue weighted by Crippen LogP contribution is 2.38. The van der Waals surface area contributed by atoms with Crippen LogP contribution in [-0.4, -0.2) is 41.1 Å². The Morgan fingerprint density at radius 2 is 0.837 bits per heavy atom. The van der Waals surface area contributed by atoms with E-state index in [1.807, 2.05) is 18.2 Å². The summed E-state index contributed by atoms with van der Waals surface area (Å²) in [5.74, 6) is -0.306. The quantitative estimate of drug-likeness (QED) is 0.152. The third kappa shape index (κ3) is 6.71. The summed E-state index contributed by atoms with van der Waals surface area (Å²) >= 11 is 0. The molecule has 0 aliphatic heterocycles. The van der Waals surface area contributed by atoms with Crippen LogP contribution in [0, 0.1) is 5.92 Å². The van der Waals surface area contributed by atoms with Gasteiger partial charge in [0.2, 0.25) is 0 Å². The average Bonchev–Trinajstić information content (AvgIpc) is 3.00. The van der Waals surface area contributed by atoms with Crippen molar-refractivity contribution in [2.45, 2.75) is 57.7 Å². The zero-order valence-electron chi connectivity index (χ0n) is 26.7. The van der Waals surface area contributed by atoms with Crippen LogP contribution in [0.4, 0.5) is 0 Å². The highest BCUT2D eigenvalue weighted by Gasteiger charge is 2.52. The van der Waals surface area contributed by atoms with Gasteiger partial charge in [-0.25, -0.2) is 0 Å². The Morgan fingerprint density at radius 3 is 1.09 bits per heavy atom. The molecule has 0 bridgehead atoms. The van der Waals surface area contributed by atoms with Crippen LogP contribution in [0.2, 0.25) is 10.1 Å². The molecule has 0 aliphatic carbocycles. The molecule has 4 aromatic carbocycles. The van der Waals surface area contributed by atoms with E-state index in [-0.39, 0.29) is 22.6 Å². The summed E-state index contributed by atoms with van der Waals surface area (Å²) in [7, 11) is -5.55. The third-order valence-corrected chi connectivity index (χ3v) is 18.6. The van der Waals surface area contributed by atoms with Crippen LogP contribution in [0.3, 0.4) is 0 Å². The van der Waals surface area contributed by atoms with Crippen molar-refractivity contribution in [3.63, 3.8) is 0 Å². The number of hydrogen-bond acceptors (Lipinski definition) is 3. The fraction of sp³-hybridized carbons (Fsp3) is 0.316. The second kappa shape index (κ2) is 13.7. The van der Waals surface area contributed by atoms with Crippen molar-refractivity contribution in [2.75, 3.05) is 13.2 Å². The van der Waals surface area contributed by atoms with E-state index < -0.39 is 22.7 Å². The highest BCUT2D eigenvalue weighted by molar-refractivity contribution is 7.00. The lowest BCUT2D eigenvalue weighted by Gasteiger charge is -2.45. The van der Waals surface area contributed by atoms with Crippen molar-refractivity contribution in [1.29, 1.82) is 0 Å². The predicted octanol–water partition coefficient (Wildman–Crippen LogP) is 6.30. The summed E-state index contributed by atoms with van der Waals surface area (Å²) in [5.41, 5.74) is 0. The Balaban J connectivity index is 1.67. The van der Waals surface area contributed by atoms with Crippen LogP contribution in [0.5, 0.6) is 0 Å². The molecule has 2 atom stereocenters. The Morgan fingerprint density at radius 1 is 0.558 bits per heavy atom. The van der Waals surface area contributed by atoms with Gasteiger partial charge in [0.1, 0.15) is 0 Å². The molecule has 0 heterocycles. The predicted molar refractivity (Wildman–Crippen MR) is 187 cm³/mol. The topological polar surface area (TPSA) is 38.7 Å². The SMILES string of the molecule is C=C[C@H](CO[Si](c1ccccc1)(c1ccccc1)C(C)(C)C)[C@H](O)CO[Si](c1ccccc1)(c1ccccc1)C(C)(C)C. The number of benzene rings is 4. The summed E-state index contributed by atoms with van der Waals surface area (Å²) < 4.78 is 14.2. The molecule has 226 valence electrons. The molecule has 0 fully saturated rings. The Labute approximate surface area is 261 Å². The fourth-order valence-electron chi connectivity index (χ4n) is 6.41. The van der Waals surface area contributed by atoms with E-state index in [1.54, 1.807) is 0 Å². The molecule has 0 spiro atoms. The van der Waals surface area contributed by atoms with Crippen molar-refractivity contribution >= 4 is 37.4 Å². The minimum atomic E-state index is -2.79. The van der Waals surface area contributed by atoms with Crippen LogP contribution in [0.15, 0.2) is 134 Å². The van der Waals surface area contributed by atoms with Gasteiger partial charge in [-0.3, -0.25) is 0 Å². The molecule has 43 heavy (non-hydrogen) atoms. The Hall–Kier alpha value is -3.07. The molecular weight excluding hydrogens is 561 g/mol. The van der Waals surface area contributed by atoms with Crippen molar-refractivity contribution in [1.82, 2.24) is 0 Å². The van der Waals surface area contributed by atoms with E-state index in [2.05, 4.69) is 157 Å². The summed E-state index contributed by atoms with van der Waals surface area (Å²) in [5, 5.41) is 16.2. The van der Waals surface area contributed by atoms with Gasteiger partial charge < -0.3 is 14.0 Å². The Bertz CT molecular complexity index is 1330. The first-order chi connectivity index (χ1) is 20.5. The van der Waals surface area contributed by atoms with Crippen LogP contribution >= 0.6 is 0 Å². The minimum Gasteiger partial charge on any atom is -0.407 e. The molecule has 1 N–H and O–H groups in total. The normalized spacial score (nSPS) is 14.2. The molecule has 4 aromatic rings. The minimum absolute atomic E-state index is 0.155. The summed E-state index contributed by atoms with van der Waals surface area (Å²) in [6.07, 6.45) is 1.05. The fourth-order valence-corrected chi connectivity index (χ4v) is 15.6. The van der Waals surface area contributed by atoms with Gasteiger partial charge in [-0.05, 0) is 30.8 Å². The van der Waals surface area contributed by atoms with Gasteiger partial charge in [0.15, 0.2) is 0 Å². The van der Waals surface area contributed by atoms with Crippen molar-refractivity contribution in [3.8, 4) is 0 Å². The molecule has 0 saturated carbocycles. The van der Waals surface area contributed by atoms with Gasteiger partial charge in [0, 0.05) is 12.5 Å². The van der Waals surface area contributed by atoms with E-state index in [4.69, 9.17) is 8.85 Å². The summed E-state index contributed by atoms with van der Waals surface area (Å²) in [6, 6.07) is 42.3. The lowest BCUT2D eigenvalue weighted by molar-refractivity contribution is 0.0496. The van der Waals surface area contributed by atoms with Crippen LogP contribution < -0.4 is 20.7 Å². The largest absolute Gasteiger partial charge is 0.407 e. The molecule has 0 unspecified atom stereocenters. The molecule has 4 rings (SSSR count). The van der Waals surface area contributed by atoms with Crippen LogP contribution in [0.25, 0.3) is 0 Å². The Kier molecular flexibility index (Phi) is 10.5. The molecule has 0 radical (unpaired) electrons. The number of aliphatic hydroxyl groups is 1. The maximum Gasteiger partial charge on any atom is 0.261 e. The van der Waals surface area contributed by atoms with Crippen LogP contribution in [0.1, 0.15) is 41.5 Å². The zero-order chi connectivity index (χ0) is 31.1. The third-order valence-electron chi connectivity index (χ3n) is 8.59. The van der Waals surface area contributed by atoms with Gasteiger partial charge in [-0.2, -0.15) is 0 Å². The smallest absolute Gasteiger partial charge is 0.261 e. The van der Waals surface area contributed by atoms with Gasteiger partial charge >= 0.3 is 0 Å². The molecule has 5 heteroatoms. The molecule has 0 saturated heterocycles. The lowest BCUT2D eigenvalue weighted by Crippen LogP contribution is -2.67. The van der Waals surface area contributed by atoms with E-state index in [9.17, 15) is 5.11 Å². The average molecular weight is 609 g/mol. The van der Waals surface area contributed by atoms with Gasteiger partial charge in [-0.1, -0.05) is 169 Å². The van der Waals surface area contributed by atoms with Crippen molar-refractivity contribution in [2.24, 2.45) is 5.92 Å². The molecule has 0 aliphatic rings. The number of hydrogen-bond donors (Lipinski definition) is 1. The second-order valence-electron chi connectivity index (χ2n) is 13.4. The maximum absolute atomic E-state index is 11.7. The zero-order valence-corrected chi connectivity index (χ0v) is 28.7. The van der Waals surface area contributed by atoms with Gasteiger partial charge in [-0.15, -0.1) is 6.58 Å². The highest BCUT2D eigenvalue weighted by atomic mass is 28.4. The van der Waals surface area contributed by atoms with Crippen molar-refractivity contribution in [3.05, 3.63) is 134 Å². The van der Waals surface area contributed by atoms with Crippen molar-refractivity contribution < 1.29 is 14.0 Å². The van der Waals surface area contributed by atoms with Crippen LogP contribution in [-0.2, 0) is 8.85 Å².